The molecule has 0 saturated carbocycles. The maximum absolute atomic E-state index is 12.0. The number of hydrogen-bond donors (Lipinski definition) is 1. The minimum atomic E-state index is -0.876. The van der Waals surface area contributed by atoms with Crippen LogP contribution in [0.2, 0.25) is 0 Å². The number of nitrogens with one attached hydrogen (secondary N) is 1. The fourth-order valence-corrected chi connectivity index (χ4v) is 2.30. The topological polar surface area (TPSA) is 128 Å². The van der Waals surface area contributed by atoms with Gasteiger partial charge in [-0.1, -0.05) is 29.8 Å². The molecule has 30 heavy (non-hydrogen) atoms. The maximum atomic E-state index is 12.0. The van der Waals surface area contributed by atoms with Crippen molar-refractivity contribution in [3.8, 4) is 5.75 Å². The second-order valence-corrected chi connectivity index (χ2v) is 6.34. The second-order valence-electron chi connectivity index (χ2n) is 6.34. The van der Waals surface area contributed by atoms with Crippen LogP contribution in [0.4, 0.5) is 11.4 Å². The number of nitro groups is 1. The Kier molecular flexibility index (Phi) is 7.86. The van der Waals surface area contributed by atoms with Crippen LogP contribution in [0.5, 0.6) is 5.75 Å². The van der Waals surface area contributed by atoms with Crippen molar-refractivity contribution in [2.45, 2.75) is 6.92 Å². The average Bonchev–Trinajstić information content (AvgIpc) is 2.72. The summed E-state index contributed by atoms with van der Waals surface area (Å²) in [5.74, 6) is -1.96. The number of hydrogen-bond acceptors (Lipinski definition) is 7. The molecule has 0 aromatic heterocycles. The Bertz CT molecular complexity index is 928. The van der Waals surface area contributed by atoms with Crippen LogP contribution in [0.3, 0.4) is 0 Å². The van der Waals surface area contributed by atoms with Crippen LogP contribution in [-0.2, 0) is 19.1 Å². The number of aryl methyl sites for hydroxylation is 1. The first-order valence-electron chi connectivity index (χ1n) is 8.88. The van der Waals surface area contributed by atoms with Gasteiger partial charge in [0.25, 0.3) is 5.91 Å². The Hall–Kier alpha value is -3.95. The normalized spacial score (nSPS) is 10.1. The van der Waals surface area contributed by atoms with Gasteiger partial charge < -0.3 is 19.7 Å². The van der Waals surface area contributed by atoms with Gasteiger partial charge in [-0.2, -0.15) is 0 Å². The van der Waals surface area contributed by atoms with E-state index < -0.39 is 35.9 Å². The Morgan fingerprint density at radius 2 is 1.73 bits per heavy atom. The van der Waals surface area contributed by atoms with Gasteiger partial charge in [0.15, 0.2) is 19.0 Å². The van der Waals surface area contributed by atoms with E-state index in [0.29, 0.717) is 5.69 Å². The molecule has 0 bridgehead atoms. The molecular weight excluding hydrogens is 394 g/mol. The van der Waals surface area contributed by atoms with Crippen LogP contribution in [0, 0.1) is 17.0 Å². The largest absolute Gasteiger partial charge is 0.475 e. The number of esters is 1. The molecule has 0 aliphatic rings. The third kappa shape index (κ3) is 6.89. The van der Waals surface area contributed by atoms with Crippen LogP contribution < -0.4 is 10.1 Å². The first kappa shape index (κ1) is 22.3. The minimum absolute atomic E-state index is 0.0873. The van der Waals surface area contributed by atoms with Crippen molar-refractivity contribution in [3.63, 3.8) is 0 Å². The number of amides is 2. The summed E-state index contributed by atoms with van der Waals surface area (Å²) in [6.45, 7) is 0.506. The summed E-state index contributed by atoms with van der Waals surface area (Å²) in [5.41, 5.74) is 1.36. The number of nitrogens with zero attached hydrogens (tertiary/aromatic N) is 2. The number of likely N-dealkylation sites (N-methyl/N-ethyl adjacent to an activating group) is 1. The Balaban J connectivity index is 1.75. The molecule has 2 aromatic carbocycles. The summed E-state index contributed by atoms with van der Waals surface area (Å²) in [7, 11) is 1.40. The zero-order valence-electron chi connectivity index (χ0n) is 16.5. The number of para-hydroxylation sites is 2. The van der Waals surface area contributed by atoms with Crippen LogP contribution in [-0.4, -0.2) is 54.4 Å². The predicted octanol–water partition coefficient (Wildman–Crippen LogP) is 1.92. The average molecular weight is 415 g/mol. The number of nitro benzene ring substituents is 1. The van der Waals surface area contributed by atoms with Crippen molar-refractivity contribution < 1.29 is 28.8 Å². The van der Waals surface area contributed by atoms with Crippen LogP contribution in [0.15, 0.2) is 48.5 Å². The predicted molar refractivity (Wildman–Crippen MR) is 107 cm³/mol. The van der Waals surface area contributed by atoms with E-state index in [9.17, 15) is 24.5 Å². The number of carbonyl (C=O) groups excluding carboxylic acids is 3. The number of anilines is 1. The van der Waals surface area contributed by atoms with Gasteiger partial charge >= 0.3 is 11.7 Å². The Labute approximate surface area is 172 Å². The quantitative estimate of drug-likeness (QED) is 0.376. The zero-order valence-corrected chi connectivity index (χ0v) is 16.5. The molecule has 10 heteroatoms. The van der Waals surface area contributed by atoms with Gasteiger partial charge in [0.2, 0.25) is 5.91 Å². The molecule has 0 aliphatic carbocycles. The molecular formula is C20H21N3O7. The monoisotopic (exact) mass is 415 g/mol. The molecule has 0 heterocycles. The zero-order chi connectivity index (χ0) is 22.1. The van der Waals surface area contributed by atoms with Gasteiger partial charge in [0.05, 0.1) is 11.5 Å². The third-order valence-corrected chi connectivity index (χ3v) is 3.91. The van der Waals surface area contributed by atoms with Crippen LogP contribution in [0.1, 0.15) is 5.56 Å². The van der Waals surface area contributed by atoms with Gasteiger partial charge in [-0.05, 0) is 25.1 Å². The molecule has 2 amide bonds. The van der Waals surface area contributed by atoms with E-state index in [1.165, 1.54) is 31.3 Å². The smallest absolute Gasteiger partial charge is 0.344 e. The molecule has 2 aromatic rings. The molecule has 0 atom stereocenters. The van der Waals surface area contributed by atoms with Gasteiger partial charge in [0, 0.05) is 18.8 Å². The molecule has 0 fully saturated rings. The highest BCUT2D eigenvalue weighted by atomic mass is 16.6. The van der Waals surface area contributed by atoms with Gasteiger partial charge in [0.1, 0.15) is 0 Å². The van der Waals surface area contributed by atoms with Crippen molar-refractivity contribution in [2.24, 2.45) is 0 Å². The highest BCUT2D eigenvalue weighted by Gasteiger charge is 2.18. The highest BCUT2D eigenvalue weighted by Crippen LogP contribution is 2.25. The van der Waals surface area contributed by atoms with Gasteiger partial charge in [-0.15, -0.1) is 0 Å². The van der Waals surface area contributed by atoms with E-state index in [1.807, 2.05) is 19.1 Å². The maximum Gasteiger partial charge on any atom is 0.344 e. The van der Waals surface area contributed by atoms with Gasteiger partial charge in [-0.25, -0.2) is 4.79 Å². The third-order valence-electron chi connectivity index (χ3n) is 3.91. The Morgan fingerprint density at radius 1 is 1.07 bits per heavy atom. The summed E-state index contributed by atoms with van der Waals surface area (Å²) in [6.07, 6.45) is 0. The second kappa shape index (κ2) is 10.6. The van der Waals surface area contributed by atoms with Crippen molar-refractivity contribution in [1.29, 1.82) is 0 Å². The van der Waals surface area contributed by atoms with Gasteiger partial charge in [-0.3, -0.25) is 19.7 Å². The summed E-state index contributed by atoms with van der Waals surface area (Å²) >= 11 is 0. The molecule has 158 valence electrons. The van der Waals surface area contributed by atoms with E-state index in [4.69, 9.17) is 9.47 Å². The fourth-order valence-electron chi connectivity index (χ4n) is 2.30. The molecule has 0 unspecified atom stereocenters. The Morgan fingerprint density at radius 3 is 2.40 bits per heavy atom. The van der Waals surface area contributed by atoms with Crippen molar-refractivity contribution >= 4 is 29.2 Å². The molecule has 0 saturated heterocycles. The number of rotatable bonds is 9. The lowest BCUT2D eigenvalue weighted by Gasteiger charge is -2.17. The van der Waals surface area contributed by atoms with E-state index in [-0.39, 0.29) is 18.0 Å². The fraction of sp³-hybridized carbons (Fsp3) is 0.250. The summed E-state index contributed by atoms with van der Waals surface area (Å²) < 4.78 is 9.89. The first-order chi connectivity index (χ1) is 14.3. The highest BCUT2D eigenvalue weighted by molar-refractivity contribution is 5.94. The van der Waals surface area contributed by atoms with E-state index in [1.54, 1.807) is 12.1 Å². The number of benzene rings is 2. The van der Waals surface area contributed by atoms with E-state index in [0.717, 1.165) is 10.5 Å². The lowest BCUT2D eigenvalue weighted by atomic mass is 10.2. The first-order valence-corrected chi connectivity index (χ1v) is 8.88. The molecule has 0 radical (unpaired) electrons. The van der Waals surface area contributed by atoms with Crippen molar-refractivity contribution in [1.82, 2.24) is 4.90 Å². The lowest BCUT2D eigenvalue weighted by Crippen LogP contribution is -2.37. The van der Waals surface area contributed by atoms with E-state index >= 15 is 0 Å². The minimum Gasteiger partial charge on any atom is -0.475 e. The number of carbonyl (C=O) groups is 3. The van der Waals surface area contributed by atoms with Crippen molar-refractivity contribution in [3.05, 3.63) is 64.2 Å². The SMILES string of the molecule is Cc1ccc(NC(=O)CN(C)C(=O)COC(=O)COc2ccccc2[N+](=O)[O-])cc1. The van der Waals surface area contributed by atoms with Crippen LogP contribution in [0.25, 0.3) is 0 Å². The molecule has 0 aliphatic heterocycles. The molecule has 2 rings (SSSR count). The molecule has 10 nitrogen and oxygen atoms in total. The number of ether oxygens (including phenoxy) is 2. The van der Waals surface area contributed by atoms with E-state index in [2.05, 4.69) is 5.32 Å². The summed E-state index contributed by atoms with van der Waals surface area (Å²) in [4.78, 5) is 47.2. The molecule has 0 spiro atoms. The summed E-state index contributed by atoms with van der Waals surface area (Å²) in [5, 5.41) is 13.6. The lowest BCUT2D eigenvalue weighted by molar-refractivity contribution is -0.385. The van der Waals surface area contributed by atoms with Crippen molar-refractivity contribution in [2.75, 3.05) is 32.1 Å². The van der Waals surface area contributed by atoms with Crippen LogP contribution >= 0.6 is 0 Å². The summed E-state index contributed by atoms with van der Waals surface area (Å²) in [6, 6.07) is 12.7. The molecule has 1 N–H and O–H groups in total. The standard InChI is InChI=1S/C20H21N3O7/c1-14-7-9-15(10-8-14)21-18(24)11-22(2)19(25)12-30-20(26)13-29-17-6-4-3-5-16(17)23(27)28/h3-10H,11-13H2,1-2H3,(H,21,24).